The van der Waals surface area contributed by atoms with E-state index < -0.39 is 0 Å². The van der Waals surface area contributed by atoms with Gasteiger partial charge < -0.3 is 15.0 Å². The fourth-order valence-electron chi connectivity index (χ4n) is 4.23. The molecule has 4 rings (SSSR count). The van der Waals surface area contributed by atoms with Crippen molar-refractivity contribution in [3.05, 3.63) is 64.7 Å². The van der Waals surface area contributed by atoms with Crippen LogP contribution in [-0.4, -0.2) is 42.5 Å². The van der Waals surface area contributed by atoms with Crippen molar-refractivity contribution in [1.29, 1.82) is 0 Å². The van der Waals surface area contributed by atoms with Gasteiger partial charge in [-0.1, -0.05) is 41.9 Å². The molecule has 0 aliphatic carbocycles. The van der Waals surface area contributed by atoms with Crippen LogP contribution in [0.25, 0.3) is 0 Å². The number of nitrogens with zero attached hydrogens (tertiary/aromatic N) is 1. The Balaban J connectivity index is 1.22. The number of hydrogen-bond donors (Lipinski definition) is 1. The third-order valence-electron chi connectivity index (χ3n) is 5.93. The zero-order valence-corrected chi connectivity index (χ0v) is 17.7. The fraction of sp³-hybridized carbons (Fsp3) is 0.417. The van der Waals surface area contributed by atoms with E-state index in [2.05, 4.69) is 5.32 Å². The number of carbonyl (C=O) groups is 2. The van der Waals surface area contributed by atoms with E-state index >= 15 is 0 Å². The summed E-state index contributed by atoms with van der Waals surface area (Å²) in [6.45, 7) is 1.74. The molecule has 30 heavy (non-hydrogen) atoms. The van der Waals surface area contributed by atoms with Crippen LogP contribution in [0.4, 0.5) is 0 Å². The highest BCUT2D eigenvalue weighted by atomic mass is 35.5. The molecule has 0 saturated carbocycles. The molecule has 2 aliphatic rings. The first-order valence-electron chi connectivity index (χ1n) is 10.6. The summed E-state index contributed by atoms with van der Waals surface area (Å²) in [5.41, 5.74) is 2.17. The first-order chi connectivity index (χ1) is 14.6. The Morgan fingerprint density at radius 1 is 1.10 bits per heavy atom. The van der Waals surface area contributed by atoms with Gasteiger partial charge in [0.05, 0.1) is 5.92 Å². The van der Waals surface area contributed by atoms with Crippen LogP contribution < -0.4 is 10.1 Å². The van der Waals surface area contributed by atoms with Crippen molar-refractivity contribution in [2.45, 2.75) is 38.1 Å². The number of amides is 2. The topological polar surface area (TPSA) is 58.6 Å². The number of nitrogens with one attached hydrogen (secondary N) is 1. The lowest BCUT2D eigenvalue weighted by Crippen LogP contribution is -2.49. The molecule has 2 aromatic carbocycles. The van der Waals surface area contributed by atoms with Gasteiger partial charge in [0.25, 0.3) is 0 Å². The highest BCUT2D eigenvalue weighted by molar-refractivity contribution is 6.30. The molecule has 0 spiro atoms. The molecule has 2 aliphatic heterocycles. The molecule has 1 atom stereocenters. The summed E-state index contributed by atoms with van der Waals surface area (Å²) in [5.74, 6) is 0.862. The molecular formula is C24H27ClN2O3. The smallest absolute Gasteiger partial charge is 0.229 e. The lowest BCUT2D eigenvalue weighted by molar-refractivity contribution is -0.138. The molecule has 1 fully saturated rings. The number of fused-ring (bicyclic) bond motifs is 1. The number of likely N-dealkylation sites (tertiary alicyclic amines) is 1. The second kappa shape index (κ2) is 9.52. The first-order valence-corrected chi connectivity index (χ1v) is 11.0. The number of ether oxygens (including phenoxy) is 1. The monoisotopic (exact) mass is 426 g/mol. The quantitative estimate of drug-likeness (QED) is 0.794. The Morgan fingerprint density at radius 2 is 1.87 bits per heavy atom. The minimum atomic E-state index is -0.173. The van der Waals surface area contributed by atoms with E-state index in [1.807, 2.05) is 53.4 Å². The highest BCUT2D eigenvalue weighted by Crippen LogP contribution is 2.31. The predicted molar refractivity (Wildman–Crippen MR) is 117 cm³/mol. The molecule has 0 aromatic heterocycles. The van der Waals surface area contributed by atoms with Crippen LogP contribution >= 0.6 is 11.6 Å². The molecule has 1 unspecified atom stereocenters. The Hall–Kier alpha value is -2.53. The van der Waals surface area contributed by atoms with Crippen molar-refractivity contribution < 1.29 is 14.3 Å². The van der Waals surface area contributed by atoms with Gasteiger partial charge in [-0.15, -0.1) is 0 Å². The van der Waals surface area contributed by atoms with Crippen LogP contribution in [0.15, 0.2) is 48.5 Å². The molecule has 0 bridgehead atoms. The third-order valence-corrected chi connectivity index (χ3v) is 6.17. The van der Waals surface area contributed by atoms with Gasteiger partial charge >= 0.3 is 0 Å². The van der Waals surface area contributed by atoms with E-state index in [9.17, 15) is 9.59 Å². The van der Waals surface area contributed by atoms with E-state index in [4.69, 9.17) is 16.3 Å². The molecule has 2 heterocycles. The second-order valence-electron chi connectivity index (χ2n) is 8.12. The number of rotatable bonds is 5. The minimum absolute atomic E-state index is 0.0813. The fourth-order valence-corrected chi connectivity index (χ4v) is 4.42. The summed E-state index contributed by atoms with van der Waals surface area (Å²) in [7, 11) is 0. The number of aryl methyl sites for hydroxylation is 1. The summed E-state index contributed by atoms with van der Waals surface area (Å²) in [5, 5.41) is 3.79. The van der Waals surface area contributed by atoms with Crippen LogP contribution in [0.3, 0.4) is 0 Å². The standard InChI is InChI=1S/C24H27ClN2O3/c25-20-7-8-22-18(15-20)14-19(16-30-22)24(29)27-12-10-21(11-13-27)26-23(28)9-6-17-4-2-1-3-5-17/h1-5,7-8,15,19,21H,6,9-14,16H2,(H,26,28). The van der Waals surface area contributed by atoms with E-state index in [1.54, 1.807) is 0 Å². The van der Waals surface area contributed by atoms with Crippen molar-refractivity contribution in [1.82, 2.24) is 10.2 Å². The number of carbonyl (C=O) groups excluding carboxylic acids is 2. The Morgan fingerprint density at radius 3 is 2.63 bits per heavy atom. The zero-order chi connectivity index (χ0) is 20.9. The maximum absolute atomic E-state index is 13.0. The molecule has 1 saturated heterocycles. The van der Waals surface area contributed by atoms with Gasteiger partial charge in [-0.2, -0.15) is 0 Å². The third kappa shape index (κ3) is 5.14. The van der Waals surface area contributed by atoms with Crippen molar-refractivity contribution in [2.24, 2.45) is 5.92 Å². The van der Waals surface area contributed by atoms with Gasteiger partial charge in [-0.05, 0) is 55.0 Å². The Kier molecular flexibility index (Phi) is 6.58. The molecule has 2 amide bonds. The minimum Gasteiger partial charge on any atom is -0.492 e. The summed E-state index contributed by atoms with van der Waals surface area (Å²) < 4.78 is 5.78. The van der Waals surface area contributed by atoms with Crippen LogP contribution in [0.5, 0.6) is 5.75 Å². The Bertz CT molecular complexity index is 895. The van der Waals surface area contributed by atoms with E-state index in [0.29, 0.717) is 37.6 Å². The van der Waals surface area contributed by atoms with Crippen molar-refractivity contribution in [3.8, 4) is 5.75 Å². The zero-order valence-electron chi connectivity index (χ0n) is 17.0. The van der Waals surface area contributed by atoms with Crippen molar-refractivity contribution in [2.75, 3.05) is 19.7 Å². The normalized spacial score (nSPS) is 19.0. The number of benzene rings is 2. The maximum Gasteiger partial charge on any atom is 0.229 e. The first kappa shape index (κ1) is 20.7. The van der Waals surface area contributed by atoms with Crippen molar-refractivity contribution >= 4 is 23.4 Å². The second-order valence-corrected chi connectivity index (χ2v) is 8.55. The number of hydrogen-bond acceptors (Lipinski definition) is 3. The number of piperidine rings is 1. The number of halogens is 1. The van der Waals surface area contributed by atoms with Gasteiger partial charge in [0.1, 0.15) is 12.4 Å². The average molecular weight is 427 g/mol. The SMILES string of the molecule is O=C(CCc1ccccc1)NC1CCN(C(=O)C2COc3ccc(Cl)cc3C2)CC1. The van der Waals surface area contributed by atoms with E-state index in [0.717, 1.165) is 30.6 Å². The molecule has 1 N–H and O–H groups in total. The van der Waals surface area contributed by atoms with Gasteiger partial charge in [-0.3, -0.25) is 9.59 Å². The van der Waals surface area contributed by atoms with Crippen LogP contribution in [0.1, 0.15) is 30.4 Å². The maximum atomic E-state index is 13.0. The van der Waals surface area contributed by atoms with Gasteiger partial charge in [0, 0.05) is 30.6 Å². The molecule has 158 valence electrons. The van der Waals surface area contributed by atoms with Crippen LogP contribution in [-0.2, 0) is 22.4 Å². The van der Waals surface area contributed by atoms with Gasteiger partial charge in [0.15, 0.2) is 0 Å². The van der Waals surface area contributed by atoms with Gasteiger partial charge in [-0.25, -0.2) is 0 Å². The molecule has 5 nitrogen and oxygen atoms in total. The molecular weight excluding hydrogens is 400 g/mol. The van der Waals surface area contributed by atoms with Crippen LogP contribution in [0.2, 0.25) is 5.02 Å². The highest BCUT2D eigenvalue weighted by Gasteiger charge is 2.32. The predicted octanol–water partition coefficient (Wildman–Crippen LogP) is 3.63. The average Bonchev–Trinajstić information content (AvgIpc) is 2.78. The van der Waals surface area contributed by atoms with E-state index in [-0.39, 0.29) is 23.8 Å². The van der Waals surface area contributed by atoms with E-state index in [1.165, 1.54) is 5.56 Å². The largest absolute Gasteiger partial charge is 0.492 e. The van der Waals surface area contributed by atoms with Crippen molar-refractivity contribution in [3.63, 3.8) is 0 Å². The summed E-state index contributed by atoms with van der Waals surface area (Å²) >= 11 is 6.08. The summed E-state index contributed by atoms with van der Waals surface area (Å²) in [6, 6.07) is 15.7. The molecule has 2 aromatic rings. The molecule has 0 radical (unpaired) electrons. The van der Waals surface area contributed by atoms with Crippen LogP contribution in [0, 0.1) is 5.92 Å². The summed E-state index contributed by atoms with van der Waals surface area (Å²) in [4.78, 5) is 27.1. The Labute approximate surface area is 182 Å². The summed E-state index contributed by atoms with van der Waals surface area (Å²) in [6.07, 6.45) is 3.48. The lowest BCUT2D eigenvalue weighted by atomic mass is 9.94. The molecule has 6 heteroatoms. The lowest BCUT2D eigenvalue weighted by Gasteiger charge is -2.35. The van der Waals surface area contributed by atoms with Gasteiger partial charge in [0.2, 0.25) is 11.8 Å².